The fraction of sp³-hybridized carbons (Fsp3) is 0.588. The van der Waals surface area contributed by atoms with E-state index in [1.807, 2.05) is 47.9 Å². The Balaban J connectivity index is 0.00000242. The van der Waals surface area contributed by atoms with Crippen molar-refractivity contribution in [1.29, 1.82) is 0 Å². The molecule has 1 saturated heterocycles. The first kappa shape index (κ1) is 19.3. The van der Waals surface area contributed by atoms with Crippen LogP contribution in [0.25, 0.3) is 0 Å². The SMILES string of the molecule is CC(C)Sc1ccc(C(=O)N2CCCC(C(C)N)C2)cc1.Cl. The van der Waals surface area contributed by atoms with E-state index in [9.17, 15) is 4.79 Å². The Hall–Kier alpha value is -0.710. The van der Waals surface area contributed by atoms with E-state index in [1.165, 1.54) is 4.90 Å². The van der Waals surface area contributed by atoms with Crippen molar-refractivity contribution in [3.8, 4) is 0 Å². The molecule has 1 aliphatic rings. The predicted octanol–water partition coefficient (Wildman–Crippen LogP) is 3.81. The summed E-state index contributed by atoms with van der Waals surface area (Å²) in [4.78, 5) is 15.8. The molecule has 1 aromatic carbocycles. The van der Waals surface area contributed by atoms with Crippen LogP contribution in [0.3, 0.4) is 0 Å². The molecule has 1 aliphatic heterocycles. The maximum Gasteiger partial charge on any atom is 0.253 e. The summed E-state index contributed by atoms with van der Waals surface area (Å²) in [5, 5.41) is 0.556. The molecule has 5 heteroatoms. The number of halogens is 1. The first-order valence-corrected chi connectivity index (χ1v) is 8.67. The van der Waals surface area contributed by atoms with Crippen molar-refractivity contribution in [2.24, 2.45) is 11.7 Å². The molecular weight excluding hydrogens is 316 g/mol. The van der Waals surface area contributed by atoms with Gasteiger partial charge in [-0.05, 0) is 49.9 Å². The van der Waals surface area contributed by atoms with Gasteiger partial charge in [-0.25, -0.2) is 0 Å². The van der Waals surface area contributed by atoms with Crippen LogP contribution in [0.2, 0.25) is 0 Å². The predicted molar refractivity (Wildman–Crippen MR) is 97.0 cm³/mol. The summed E-state index contributed by atoms with van der Waals surface area (Å²) >= 11 is 1.82. The third kappa shape index (κ3) is 5.18. The molecule has 2 unspecified atom stereocenters. The average molecular weight is 343 g/mol. The number of amides is 1. The van der Waals surface area contributed by atoms with Crippen molar-refractivity contribution in [2.45, 2.75) is 49.8 Å². The lowest BCUT2D eigenvalue weighted by Crippen LogP contribution is -2.45. The highest BCUT2D eigenvalue weighted by molar-refractivity contribution is 7.99. The molecule has 0 spiro atoms. The van der Waals surface area contributed by atoms with Gasteiger partial charge in [0.2, 0.25) is 0 Å². The zero-order chi connectivity index (χ0) is 15.4. The van der Waals surface area contributed by atoms with E-state index in [0.717, 1.165) is 31.5 Å². The topological polar surface area (TPSA) is 46.3 Å². The van der Waals surface area contributed by atoms with Crippen LogP contribution in [0.4, 0.5) is 0 Å². The number of benzene rings is 1. The number of rotatable bonds is 4. The molecule has 0 bridgehead atoms. The average Bonchev–Trinajstić information content (AvgIpc) is 2.47. The summed E-state index contributed by atoms with van der Waals surface area (Å²) in [6.45, 7) is 8.03. The van der Waals surface area contributed by atoms with Gasteiger partial charge in [-0.15, -0.1) is 24.2 Å². The van der Waals surface area contributed by atoms with Crippen LogP contribution in [-0.2, 0) is 0 Å². The highest BCUT2D eigenvalue weighted by Gasteiger charge is 2.26. The van der Waals surface area contributed by atoms with Gasteiger partial charge >= 0.3 is 0 Å². The minimum Gasteiger partial charge on any atom is -0.338 e. The molecule has 1 fully saturated rings. The number of likely N-dealkylation sites (tertiary alicyclic amines) is 1. The molecule has 3 nitrogen and oxygen atoms in total. The standard InChI is InChI=1S/C17H26N2OS.ClH/c1-12(2)21-16-8-6-14(7-9-16)17(20)19-10-4-5-15(11-19)13(3)18;/h6-9,12-13,15H,4-5,10-11,18H2,1-3H3;1H. The lowest BCUT2D eigenvalue weighted by Gasteiger charge is -2.34. The maximum absolute atomic E-state index is 12.6. The van der Waals surface area contributed by atoms with Crippen LogP contribution in [0, 0.1) is 5.92 Å². The van der Waals surface area contributed by atoms with Crippen LogP contribution < -0.4 is 5.73 Å². The maximum atomic E-state index is 12.6. The van der Waals surface area contributed by atoms with E-state index >= 15 is 0 Å². The Bertz CT molecular complexity index is 476. The van der Waals surface area contributed by atoms with E-state index in [1.54, 1.807) is 0 Å². The monoisotopic (exact) mass is 342 g/mol. The Morgan fingerprint density at radius 3 is 2.45 bits per heavy atom. The highest BCUT2D eigenvalue weighted by Crippen LogP contribution is 2.24. The highest BCUT2D eigenvalue weighted by atomic mass is 35.5. The molecule has 2 rings (SSSR count). The molecule has 124 valence electrons. The van der Waals surface area contributed by atoms with E-state index in [2.05, 4.69) is 13.8 Å². The fourth-order valence-electron chi connectivity index (χ4n) is 2.75. The van der Waals surface area contributed by atoms with Gasteiger partial charge in [0.25, 0.3) is 5.91 Å². The van der Waals surface area contributed by atoms with Crippen LogP contribution in [0.5, 0.6) is 0 Å². The normalized spacial score (nSPS) is 19.7. The van der Waals surface area contributed by atoms with Crippen molar-refractivity contribution in [3.63, 3.8) is 0 Å². The van der Waals surface area contributed by atoms with Gasteiger partial charge in [0, 0.05) is 34.8 Å². The van der Waals surface area contributed by atoms with Crippen molar-refractivity contribution in [2.75, 3.05) is 13.1 Å². The van der Waals surface area contributed by atoms with Crippen LogP contribution in [0.15, 0.2) is 29.2 Å². The number of thioether (sulfide) groups is 1. The molecule has 0 aromatic heterocycles. The molecule has 0 saturated carbocycles. The summed E-state index contributed by atoms with van der Waals surface area (Å²) in [6, 6.07) is 8.14. The smallest absolute Gasteiger partial charge is 0.253 e. The lowest BCUT2D eigenvalue weighted by molar-refractivity contribution is 0.0661. The Labute approximate surface area is 144 Å². The molecule has 2 atom stereocenters. The summed E-state index contributed by atoms with van der Waals surface area (Å²) in [5.41, 5.74) is 6.78. The number of piperidine rings is 1. The van der Waals surface area contributed by atoms with Crippen molar-refractivity contribution >= 4 is 30.1 Å². The molecule has 0 aliphatic carbocycles. The number of carbonyl (C=O) groups is 1. The molecule has 0 radical (unpaired) electrons. The van der Waals surface area contributed by atoms with E-state index in [-0.39, 0.29) is 24.4 Å². The minimum atomic E-state index is 0. The number of hydrogen-bond acceptors (Lipinski definition) is 3. The van der Waals surface area contributed by atoms with Gasteiger partial charge in [-0.2, -0.15) is 0 Å². The van der Waals surface area contributed by atoms with E-state index in [0.29, 0.717) is 11.2 Å². The van der Waals surface area contributed by atoms with E-state index in [4.69, 9.17) is 5.73 Å². The Morgan fingerprint density at radius 2 is 1.91 bits per heavy atom. The second-order valence-corrected chi connectivity index (χ2v) is 7.85. The largest absolute Gasteiger partial charge is 0.338 e. The zero-order valence-electron chi connectivity index (χ0n) is 13.6. The number of nitrogens with zero attached hydrogens (tertiary/aromatic N) is 1. The van der Waals surface area contributed by atoms with Gasteiger partial charge in [0.15, 0.2) is 0 Å². The van der Waals surface area contributed by atoms with Gasteiger partial charge in [-0.3, -0.25) is 4.79 Å². The fourth-order valence-corrected chi connectivity index (χ4v) is 3.59. The van der Waals surface area contributed by atoms with Crippen LogP contribution >= 0.6 is 24.2 Å². The Morgan fingerprint density at radius 1 is 1.27 bits per heavy atom. The first-order valence-electron chi connectivity index (χ1n) is 7.79. The van der Waals surface area contributed by atoms with Crippen molar-refractivity contribution in [3.05, 3.63) is 29.8 Å². The second kappa shape index (κ2) is 8.80. The molecular formula is C17H27ClN2OS. The molecule has 22 heavy (non-hydrogen) atoms. The molecule has 1 heterocycles. The van der Waals surface area contributed by atoms with Crippen molar-refractivity contribution < 1.29 is 4.79 Å². The quantitative estimate of drug-likeness (QED) is 0.846. The Kier molecular flexibility index (Phi) is 7.74. The third-order valence-electron chi connectivity index (χ3n) is 3.96. The number of carbonyl (C=O) groups excluding carboxylic acids is 1. The van der Waals surface area contributed by atoms with Gasteiger partial charge in [-0.1, -0.05) is 13.8 Å². The van der Waals surface area contributed by atoms with Gasteiger partial charge in [0.1, 0.15) is 0 Å². The lowest BCUT2D eigenvalue weighted by atomic mass is 9.92. The minimum absolute atomic E-state index is 0. The van der Waals surface area contributed by atoms with Crippen molar-refractivity contribution in [1.82, 2.24) is 4.90 Å². The number of nitrogens with two attached hydrogens (primary N) is 1. The third-order valence-corrected chi connectivity index (χ3v) is 4.98. The molecule has 2 N–H and O–H groups in total. The summed E-state index contributed by atoms with van der Waals surface area (Å²) < 4.78 is 0. The van der Waals surface area contributed by atoms with Crippen LogP contribution in [-0.4, -0.2) is 35.2 Å². The summed E-state index contributed by atoms with van der Waals surface area (Å²) in [6.07, 6.45) is 2.19. The summed E-state index contributed by atoms with van der Waals surface area (Å²) in [7, 11) is 0. The van der Waals surface area contributed by atoms with Gasteiger partial charge < -0.3 is 10.6 Å². The van der Waals surface area contributed by atoms with E-state index < -0.39 is 0 Å². The molecule has 1 aromatic rings. The number of hydrogen-bond donors (Lipinski definition) is 1. The van der Waals surface area contributed by atoms with Gasteiger partial charge in [0.05, 0.1) is 0 Å². The second-order valence-electron chi connectivity index (χ2n) is 6.20. The first-order chi connectivity index (χ1) is 9.97. The zero-order valence-corrected chi connectivity index (χ0v) is 15.3. The van der Waals surface area contributed by atoms with Crippen LogP contribution in [0.1, 0.15) is 44.0 Å². The molecule has 1 amide bonds. The summed E-state index contributed by atoms with van der Waals surface area (Å²) in [5.74, 6) is 0.569.